The molecule has 11 heteroatoms. The Bertz CT molecular complexity index is 1440. The Morgan fingerprint density at radius 2 is 1.70 bits per heavy atom. The minimum Gasteiger partial charge on any atom is -0.350 e. The van der Waals surface area contributed by atoms with E-state index >= 15 is 0 Å². The number of hydrogen-bond acceptors (Lipinski definition) is 7. The summed E-state index contributed by atoms with van der Waals surface area (Å²) in [4.78, 5) is 37.6. The molecule has 2 aromatic carbocycles. The van der Waals surface area contributed by atoms with Crippen molar-refractivity contribution in [2.24, 2.45) is 0 Å². The van der Waals surface area contributed by atoms with E-state index in [0.717, 1.165) is 9.87 Å². The maximum absolute atomic E-state index is 13.8. The lowest BCUT2D eigenvalue weighted by atomic mass is 10.1. The van der Waals surface area contributed by atoms with Gasteiger partial charge in [-0.2, -0.15) is 0 Å². The van der Waals surface area contributed by atoms with Crippen LogP contribution in [0.3, 0.4) is 0 Å². The van der Waals surface area contributed by atoms with Crippen LogP contribution in [-0.4, -0.2) is 48.6 Å². The van der Waals surface area contributed by atoms with Crippen LogP contribution in [0, 0.1) is 0 Å². The van der Waals surface area contributed by atoms with Crippen molar-refractivity contribution >= 4 is 38.9 Å². The number of nitrogens with one attached hydrogen (secondary N) is 1. The normalized spacial score (nSPS) is 12.2. The van der Waals surface area contributed by atoms with Crippen LogP contribution < -0.4 is 10.2 Å². The molecule has 0 aliphatic carbocycles. The van der Waals surface area contributed by atoms with E-state index in [0.29, 0.717) is 10.6 Å². The minimum atomic E-state index is -3.68. The van der Waals surface area contributed by atoms with Crippen molar-refractivity contribution < 1.29 is 18.0 Å². The molecule has 0 saturated heterocycles. The number of hydrogen-bond donors (Lipinski definition) is 1. The number of thiophene rings is 1. The number of nitrogens with zero attached hydrogens (tertiary/aromatic N) is 4. The number of sulfonamides is 1. The fourth-order valence-electron chi connectivity index (χ4n) is 3.61. The van der Waals surface area contributed by atoms with Gasteiger partial charge in [-0.15, -0.1) is 11.3 Å². The van der Waals surface area contributed by atoms with Crippen LogP contribution in [0.1, 0.15) is 27.0 Å². The Kier molecular flexibility index (Phi) is 8.07. The Labute approximate surface area is 219 Å². The number of anilines is 1. The first-order chi connectivity index (χ1) is 17.8. The smallest absolute Gasteiger partial charge is 0.279 e. The third kappa shape index (κ3) is 5.91. The SMILES string of the molecule is CN(C)S(=O)(=O)c1ccc(N(C(=O)c2cnccn2)[C@H](C(=O)NCc2ccccc2)c2cccs2)cc1. The first kappa shape index (κ1) is 26.1. The largest absolute Gasteiger partial charge is 0.350 e. The van der Waals surface area contributed by atoms with Crippen LogP contribution in [0.5, 0.6) is 0 Å². The number of rotatable bonds is 9. The molecule has 2 aromatic heterocycles. The fraction of sp³-hybridized carbons (Fsp3) is 0.154. The number of amides is 2. The Hall–Kier alpha value is -3.93. The minimum absolute atomic E-state index is 0.0462. The molecule has 0 aliphatic rings. The highest BCUT2D eigenvalue weighted by atomic mass is 32.2. The van der Waals surface area contributed by atoms with Crippen LogP contribution in [0.25, 0.3) is 0 Å². The monoisotopic (exact) mass is 535 g/mol. The van der Waals surface area contributed by atoms with E-state index in [2.05, 4.69) is 15.3 Å². The van der Waals surface area contributed by atoms with E-state index in [9.17, 15) is 18.0 Å². The van der Waals surface area contributed by atoms with Crippen molar-refractivity contribution in [3.8, 4) is 0 Å². The molecular weight excluding hydrogens is 510 g/mol. The van der Waals surface area contributed by atoms with Crippen LogP contribution >= 0.6 is 11.3 Å². The number of carbonyl (C=O) groups excluding carboxylic acids is 2. The van der Waals surface area contributed by atoms with Crippen molar-refractivity contribution in [3.05, 3.63) is 107 Å². The predicted molar refractivity (Wildman–Crippen MR) is 142 cm³/mol. The van der Waals surface area contributed by atoms with Gasteiger partial charge in [0.25, 0.3) is 5.91 Å². The van der Waals surface area contributed by atoms with Crippen molar-refractivity contribution in [1.82, 2.24) is 19.6 Å². The molecule has 0 fully saturated rings. The van der Waals surface area contributed by atoms with Crippen molar-refractivity contribution in [2.75, 3.05) is 19.0 Å². The number of aromatic nitrogens is 2. The standard InChI is InChI=1S/C26H25N5O4S2/c1-30(2)37(34,35)21-12-10-20(11-13-21)31(26(33)22-18-27-14-15-28-22)24(23-9-6-16-36-23)25(32)29-17-19-7-4-3-5-8-19/h3-16,18,24H,17H2,1-2H3,(H,29,32)/t24-/m0/s1. The molecule has 0 aliphatic heterocycles. The number of carbonyl (C=O) groups is 2. The molecule has 1 N–H and O–H groups in total. The van der Waals surface area contributed by atoms with Crippen LogP contribution in [0.2, 0.25) is 0 Å². The maximum Gasteiger partial charge on any atom is 0.279 e. The molecule has 37 heavy (non-hydrogen) atoms. The lowest BCUT2D eigenvalue weighted by Gasteiger charge is -2.30. The van der Waals surface area contributed by atoms with E-state index in [-0.39, 0.29) is 17.1 Å². The summed E-state index contributed by atoms with van der Waals surface area (Å²) in [5.74, 6) is -0.946. The average molecular weight is 536 g/mol. The van der Waals surface area contributed by atoms with E-state index in [1.807, 2.05) is 35.7 Å². The highest BCUT2D eigenvalue weighted by Crippen LogP contribution is 2.32. The van der Waals surface area contributed by atoms with Gasteiger partial charge in [0.05, 0.1) is 11.1 Å². The Morgan fingerprint density at radius 1 is 0.973 bits per heavy atom. The first-order valence-corrected chi connectivity index (χ1v) is 13.6. The molecule has 4 aromatic rings. The van der Waals surface area contributed by atoms with Gasteiger partial charge in [-0.25, -0.2) is 17.7 Å². The van der Waals surface area contributed by atoms with Gasteiger partial charge in [0.15, 0.2) is 6.04 Å². The third-order valence-corrected chi connectivity index (χ3v) is 8.28. The van der Waals surface area contributed by atoms with E-state index in [4.69, 9.17) is 0 Å². The highest BCUT2D eigenvalue weighted by molar-refractivity contribution is 7.89. The molecule has 0 radical (unpaired) electrons. The Balaban J connectivity index is 1.77. The van der Waals surface area contributed by atoms with Crippen LogP contribution in [-0.2, 0) is 21.4 Å². The van der Waals surface area contributed by atoms with E-state index in [1.165, 1.54) is 73.2 Å². The second-order valence-corrected chi connectivity index (χ2v) is 11.3. The summed E-state index contributed by atoms with van der Waals surface area (Å²) in [5.41, 5.74) is 1.29. The highest BCUT2D eigenvalue weighted by Gasteiger charge is 2.35. The molecule has 0 spiro atoms. The van der Waals surface area contributed by atoms with Gasteiger partial charge in [-0.05, 0) is 41.3 Å². The lowest BCUT2D eigenvalue weighted by Crippen LogP contribution is -2.44. The van der Waals surface area contributed by atoms with Gasteiger partial charge in [0, 0.05) is 43.6 Å². The van der Waals surface area contributed by atoms with Crippen LogP contribution in [0.4, 0.5) is 5.69 Å². The summed E-state index contributed by atoms with van der Waals surface area (Å²) in [6, 6.07) is 17.8. The summed E-state index contributed by atoms with van der Waals surface area (Å²) in [6.07, 6.45) is 4.17. The molecular formula is C26H25N5O4S2. The summed E-state index contributed by atoms with van der Waals surface area (Å²) >= 11 is 1.33. The molecule has 190 valence electrons. The molecule has 1 atom stereocenters. The third-order valence-electron chi connectivity index (χ3n) is 5.52. The Morgan fingerprint density at radius 3 is 2.30 bits per heavy atom. The molecule has 0 unspecified atom stereocenters. The summed E-state index contributed by atoms with van der Waals surface area (Å²) < 4.78 is 26.3. The molecule has 0 bridgehead atoms. The van der Waals surface area contributed by atoms with Gasteiger partial charge >= 0.3 is 0 Å². The zero-order valence-corrected chi connectivity index (χ0v) is 21.8. The molecule has 0 saturated carbocycles. The van der Waals surface area contributed by atoms with E-state index < -0.39 is 27.9 Å². The van der Waals surface area contributed by atoms with Gasteiger partial charge in [-0.3, -0.25) is 19.5 Å². The van der Waals surface area contributed by atoms with Crippen molar-refractivity contribution in [2.45, 2.75) is 17.5 Å². The summed E-state index contributed by atoms with van der Waals surface area (Å²) in [7, 11) is -0.797. The molecule has 2 amide bonds. The van der Waals surface area contributed by atoms with Crippen LogP contribution in [0.15, 0.2) is 95.6 Å². The van der Waals surface area contributed by atoms with Crippen molar-refractivity contribution in [3.63, 3.8) is 0 Å². The predicted octanol–water partition coefficient (Wildman–Crippen LogP) is 3.49. The molecule has 2 heterocycles. The average Bonchev–Trinajstić information content (AvgIpc) is 3.45. The van der Waals surface area contributed by atoms with Gasteiger partial charge in [0.1, 0.15) is 5.69 Å². The first-order valence-electron chi connectivity index (χ1n) is 11.3. The number of benzene rings is 2. The topological polar surface area (TPSA) is 113 Å². The quantitative estimate of drug-likeness (QED) is 0.351. The summed E-state index contributed by atoms with van der Waals surface area (Å²) in [5, 5.41) is 4.75. The summed E-state index contributed by atoms with van der Waals surface area (Å²) in [6.45, 7) is 0.273. The van der Waals surface area contributed by atoms with Gasteiger partial charge in [0.2, 0.25) is 15.9 Å². The lowest BCUT2D eigenvalue weighted by molar-refractivity contribution is -0.122. The second kappa shape index (κ2) is 11.4. The second-order valence-electron chi connectivity index (χ2n) is 8.17. The van der Waals surface area contributed by atoms with Gasteiger partial charge in [-0.1, -0.05) is 36.4 Å². The zero-order chi connectivity index (χ0) is 26.4. The molecule has 4 rings (SSSR count). The van der Waals surface area contributed by atoms with Crippen molar-refractivity contribution in [1.29, 1.82) is 0 Å². The zero-order valence-electron chi connectivity index (χ0n) is 20.2. The van der Waals surface area contributed by atoms with E-state index in [1.54, 1.807) is 12.1 Å². The fourth-order valence-corrected chi connectivity index (χ4v) is 5.32. The maximum atomic E-state index is 13.8. The molecule has 9 nitrogen and oxygen atoms in total. The van der Waals surface area contributed by atoms with Gasteiger partial charge < -0.3 is 5.32 Å².